The van der Waals surface area contributed by atoms with Crippen LogP contribution in [0.4, 0.5) is 5.82 Å². The van der Waals surface area contributed by atoms with Gasteiger partial charge in [-0.25, -0.2) is 0 Å². The van der Waals surface area contributed by atoms with Gasteiger partial charge in [0.05, 0.1) is 10.6 Å². The molecule has 3 aromatic heterocycles. The first-order valence-electron chi connectivity index (χ1n) is 8.99. The van der Waals surface area contributed by atoms with E-state index in [1.807, 2.05) is 36.4 Å². The van der Waals surface area contributed by atoms with E-state index in [-0.39, 0.29) is 11.9 Å². The lowest BCUT2D eigenvalue weighted by Gasteiger charge is -2.15. The van der Waals surface area contributed by atoms with Crippen LogP contribution in [0.25, 0.3) is 21.5 Å². The number of carbonyl (C=O) groups excluding carboxylic acids is 1. The highest BCUT2D eigenvalue weighted by Gasteiger charge is 2.26. The van der Waals surface area contributed by atoms with Gasteiger partial charge in [-0.2, -0.15) is 5.10 Å². The second kappa shape index (κ2) is 6.59. The van der Waals surface area contributed by atoms with E-state index in [1.165, 1.54) is 4.88 Å². The molecule has 0 radical (unpaired) electrons. The Morgan fingerprint density at radius 2 is 2.15 bits per heavy atom. The smallest absolute Gasteiger partial charge is 0.268 e. The van der Waals surface area contributed by atoms with Crippen LogP contribution in [0.3, 0.4) is 0 Å². The second-order valence-corrected chi connectivity index (χ2v) is 7.74. The molecule has 1 aliphatic rings. The highest BCUT2D eigenvalue weighted by atomic mass is 32.1. The van der Waals surface area contributed by atoms with E-state index in [0.29, 0.717) is 5.69 Å². The van der Waals surface area contributed by atoms with Crippen LogP contribution in [-0.4, -0.2) is 40.2 Å². The van der Waals surface area contributed by atoms with Crippen LogP contribution >= 0.6 is 11.3 Å². The lowest BCUT2D eigenvalue weighted by atomic mass is 10.2. The fourth-order valence-corrected chi connectivity index (χ4v) is 4.27. The quantitative estimate of drug-likeness (QED) is 0.508. The summed E-state index contributed by atoms with van der Waals surface area (Å²) in [5, 5.41) is 13.8. The van der Waals surface area contributed by atoms with Gasteiger partial charge in [-0.1, -0.05) is 24.3 Å². The molecule has 0 unspecified atom stereocenters. The molecule has 27 heavy (non-hydrogen) atoms. The zero-order valence-electron chi connectivity index (χ0n) is 14.6. The zero-order chi connectivity index (χ0) is 18.2. The van der Waals surface area contributed by atoms with Crippen molar-refractivity contribution >= 4 is 34.0 Å². The minimum atomic E-state index is -0.0562. The number of thiophene rings is 1. The molecule has 1 aromatic carbocycles. The van der Waals surface area contributed by atoms with Crippen LogP contribution in [0.1, 0.15) is 16.9 Å². The molecule has 136 valence electrons. The maximum atomic E-state index is 12.6. The summed E-state index contributed by atoms with van der Waals surface area (Å²) in [5.74, 6) is 0.875. The van der Waals surface area contributed by atoms with Crippen molar-refractivity contribution in [1.29, 1.82) is 0 Å². The lowest BCUT2D eigenvalue weighted by molar-refractivity contribution is 0.0936. The minimum absolute atomic E-state index is 0.0562. The molecule has 0 bridgehead atoms. The molecule has 4 aromatic rings. The number of amides is 1. The van der Waals surface area contributed by atoms with Crippen LogP contribution in [0.5, 0.6) is 0 Å². The second-order valence-electron chi connectivity index (χ2n) is 6.79. The number of nitrogens with one attached hydrogen (secondary N) is 3. The number of nitrogens with zero attached hydrogens (tertiary/aromatic N) is 2. The van der Waals surface area contributed by atoms with Gasteiger partial charge < -0.3 is 15.2 Å². The van der Waals surface area contributed by atoms with Gasteiger partial charge in [-0.05, 0) is 30.0 Å². The molecule has 0 spiro atoms. The van der Waals surface area contributed by atoms with Gasteiger partial charge in [-0.15, -0.1) is 11.3 Å². The van der Waals surface area contributed by atoms with Crippen LogP contribution in [0.2, 0.25) is 0 Å². The van der Waals surface area contributed by atoms with Crippen LogP contribution < -0.4 is 10.2 Å². The molecule has 0 saturated carbocycles. The number of hydrogen-bond donors (Lipinski definition) is 3. The first kappa shape index (κ1) is 16.1. The van der Waals surface area contributed by atoms with Gasteiger partial charge in [0.25, 0.3) is 5.91 Å². The zero-order valence-corrected chi connectivity index (χ0v) is 15.4. The van der Waals surface area contributed by atoms with Crippen molar-refractivity contribution < 1.29 is 4.79 Å². The normalized spacial score (nSPS) is 16.9. The fraction of sp³-hybridized carbons (Fsp3) is 0.200. The number of H-pyrrole nitrogens is 2. The Bertz CT molecular complexity index is 1050. The van der Waals surface area contributed by atoms with E-state index in [4.69, 9.17) is 0 Å². The molecule has 4 heterocycles. The Morgan fingerprint density at radius 3 is 3.00 bits per heavy atom. The summed E-state index contributed by atoms with van der Waals surface area (Å²) < 4.78 is 0. The Balaban J connectivity index is 1.25. The van der Waals surface area contributed by atoms with Gasteiger partial charge in [0.2, 0.25) is 0 Å². The Labute approximate surface area is 160 Å². The van der Waals surface area contributed by atoms with E-state index in [1.54, 1.807) is 11.3 Å². The van der Waals surface area contributed by atoms with Gasteiger partial charge in [0.1, 0.15) is 5.69 Å². The third kappa shape index (κ3) is 3.10. The van der Waals surface area contributed by atoms with Gasteiger partial charge in [0, 0.05) is 36.1 Å². The molecular weight excluding hydrogens is 358 g/mol. The Kier molecular flexibility index (Phi) is 3.94. The third-order valence-electron chi connectivity index (χ3n) is 4.97. The topological polar surface area (TPSA) is 76.8 Å². The SMILES string of the molecule is O=C(N[C@H]1CCN(c2cc(-c3cccs3)[nH]n2)C1)c1cc2ccccc2[nH]1. The highest BCUT2D eigenvalue weighted by Crippen LogP contribution is 2.27. The van der Waals surface area contributed by atoms with E-state index < -0.39 is 0 Å². The molecule has 1 aliphatic heterocycles. The van der Waals surface area contributed by atoms with Crippen molar-refractivity contribution in [2.24, 2.45) is 0 Å². The number of aromatic nitrogens is 3. The van der Waals surface area contributed by atoms with Crippen LogP contribution in [-0.2, 0) is 0 Å². The molecule has 1 amide bonds. The van der Waals surface area contributed by atoms with Crippen molar-refractivity contribution in [3.63, 3.8) is 0 Å². The van der Waals surface area contributed by atoms with Gasteiger partial charge in [0.15, 0.2) is 5.82 Å². The standard InChI is InChI=1S/C20H19N5OS/c26-20(17-10-13-4-1-2-5-15(13)22-17)21-14-7-8-25(12-14)19-11-16(23-24-19)18-6-3-9-27-18/h1-6,9-11,14,22H,7-8,12H2,(H,21,26)(H,23,24)/t14-/m0/s1. The van der Waals surface area contributed by atoms with Crippen LogP contribution in [0.15, 0.2) is 53.9 Å². The summed E-state index contributed by atoms with van der Waals surface area (Å²) in [6.45, 7) is 1.65. The fourth-order valence-electron chi connectivity index (χ4n) is 3.58. The number of carbonyl (C=O) groups is 1. The number of benzene rings is 1. The lowest BCUT2D eigenvalue weighted by Crippen LogP contribution is -2.37. The number of anilines is 1. The molecule has 0 aliphatic carbocycles. The summed E-state index contributed by atoms with van der Waals surface area (Å²) in [6, 6.07) is 16.1. The molecule has 1 fully saturated rings. The van der Waals surface area contributed by atoms with Crippen molar-refractivity contribution in [3.05, 3.63) is 59.6 Å². The molecular formula is C20H19N5OS. The van der Waals surface area contributed by atoms with Crippen molar-refractivity contribution in [3.8, 4) is 10.6 Å². The number of hydrogen-bond acceptors (Lipinski definition) is 4. The summed E-state index contributed by atoms with van der Waals surface area (Å²) in [4.78, 5) is 19.2. The predicted molar refractivity (Wildman–Crippen MR) is 108 cm³/mol. The van der Waals surface area contributed by atoms with E-state index >= 15 is 0 Å². The van der Waals surface area contributed by atoms with Crippen molar-refractivity contribution in [2.45, 2.75) is 12.5 Å². The van der Waals surface area contributed by atoms with Crippen LogP contribution in [0, 0.1) is 0 Å². The summed E-state index contributed by atoms with van der Waals surface area (Å²) in [6.07, 6.45) is 0.910. The number of rotatable bonds is 4. The summed E-state index contributed by atoms with van der Waals surface area (Å²) in [7, 11) is 0. The summed E-state index contributed by atoms with van der Waals surface area (Å²) in [5.41, 5.74) is 2.62. The molecule has 7 heteroatoms. The number of para-hydroxylation sites is 1. The predicted octanol–water partition coefficient (Wildman–Crippen LogP) is 3.63. The first-order valence-corrected chi connectivity index (χ1v) is 9.87. The van der Waals surface area contributed by atoms with Crippen molar-refractivity contribution in [1.82, 2.24) is 20.5 Å². The Hall–Kier alpha value is -3.06. The van der Waals surface area contributed by atoms with Gasteiger partial charge in [-0.3, -0.25) is 9.89 Å². The Morgan fingerprint density at radius 1 is 1.22 bits per heavy atom. The summed E-state index contributed by atoms with van der Waals surface area (Å²) >= 11 is 1.69. The van der Waals surface area contributed by atoms with E-state index in [2.05, 4.69) is 42.9 Å². The maximum absolute atomic E-state index is 12.6. The number of aromatic amines is 2. The molecule has 1 saturated heterocycles. The maximum Gasteiger partial charge on any atom is 0.268 e. The minimum Gasteiger partial charge on any atom is -0.353 e. The first-order chi connectivity index (χ1) is 13.3. The molecule has 5 rings (SSSR count). The van der Waals surface area contributed by atoms with Crippen molar-refractivity contribution in [2.75, 3.05) is 18.0 Å². The van der Waals surface area contributed by atoms with E-state index in [9.17, 15) is 4.79 Å². The monoisotopic (exact) mass is 377 g/mol. The van der Waals surface area contributed by atoms with E-state index in [0.717, 1.165) is 41.9 Å². The molecule has 1 atom stereocenters. The third-order valence-corrected chi connectivity index (χ3v) is 5.88. The highest BCUT2D eigenvalue weighted by molar-refractivity contribution is 7.13. The largest absolute Gasteiger partial charge is 0.353 e. The number of fused-ring (bicyclic) bond motifs is 1. The molecule has 3 N–H and O–H groups in total. The molecule has 6 nitrogen and oxygen atoms in total. The average molecular weight is 377 g/mol. The van der Waals surface area contributed by atoms with Gasteiger partial charge >= 0.3 is 0 Å². The average Bonchev–Trinajstić information content (AvgIpc) is 3.46.